The standard InChI is InChI=1S/C17H26ClNO2/c1-16(2)10-13(17(3,4)21-16)15(19-5)12-8-7-11(18)9-14(12)20-6/h7-9,13,15,19H,10H2,1-6H3. The Morgan fingerprint density at radius 2 is 2.00 bits per heavy atom. The van der Waals surface area contributed by atoms with E-state index in [1.54, 1.807) is 7.11 Å². The highest BCUT2D eigenvalue weighted by molar-refractivity contribution is 6.30. The van der Waals surface area contributed by atoms with Crippen LogP contribution in [0.4, 0.5) is 0 Å². The fraction of sp³-hybridized carbons (Fsp3) is 0.647. The van der Waals surface area contributed by atoms with Gasteiger partial charge in [0.25, 0.3) is 0 Å². The van der Waals surface area contributed by atoms with E-state index < -0.39 is 0 Å². The lowest BCUT2D eigenvalue weighted by Crippen LogP contribution is -2.37. The molecule has 1 aliphatic rings. The molecule has 1 heterocycles. The van der Waals surface area contributed by atoms with Crippen LogP contribution in [0.15, 0.2) is 18.2 Å². The van der Waals surface area contributed by atoms with Gasteiger partial charge in [-0.1, -0.05) is 17.7 Å². The molecule has 1 aliphatic heterocycles. The van der Waals surface area contributed by atoms with E-state index in [0.717, 1.165) is 17.7 Å². The normalized spacial score (nSPS) is 24.8. The first-order chi connectivity index (χ1) is 9.70. The number of hydrogen-bond donors (Lipinski definition) is 1. The molecule has 1 aromatic rings. The molecule has 0 spiro atoms. The van der Waals surface area contributed by atoms with Gasteiger partial charge in [-0.3, -0.25) is 0 Å². The zero-order chi connectivity index (χ0) is 15.8. The van der Waals surface area contributed by atoms with Crippen molar-refractivity contribution >= 4 is 11.6 Å². The summed E-state index contributed by atoms with van der Waals surface area (Å²) in [6.45, 7) is 8.64. The molecule has 4 heteroatoms. The van der Waals surface area contributed by atoms with Crippen LogP contribution in [-0.4, -0.2) is 25.4 Å². The summed E-state index contributed by atoms with van der Waals surface area (Å²) < 4.78 is 11.8. The SMILES string of the molecule is CNC(c1ccc(Cl)cc1OC)C1CC(C)(C)OC1(C)C. The molecule has 1 fully saturated rings. The van der Waals surface area contributed by atoms with Gasteiger partial charge >= 0.3 is 0 Å². The van der Waals surface area contributed by atoms with Crippen molar-refractivity contribution < 1.29 is 9.47 Å². The summed E-state index contributed by atoms with van der Waals surface area (Å²) in [6.07, 6.45) is 0.997. The van der Waals surface area contributed by atoms with E-state index in [9.17, 15) is 0 Å². The number of hydrogen-bond acceptors (Lipinski definition) is 3. The molecule has 2 unspecified atom stereocenters. The summed E-state index contributed by atoms with van der Waals surface area (Å²) in [5, 5.41) is 4.13. The molecule has 0 aliphatic carbocycles. The molecule has 1 N–H and O–H groups in total. The second-order valence-electron chi connectivity index (χ2n) is 6.93. The van der Waals surface area contributed by atoms with Crippen LogP contribution in [0.5, 0.6) is 5.75 Å². The predicted molar refractivity (Wildman–Crippen MR) is 87.2 cm³/mol. The highest BCUT2D eigenvalue weighted by atomic mass is 35.5. The average molecular weight is 312 g/mol. The topological polar surface area (TPSA) is 30.5 Å². The third kappa shape index (κ3) is 3.36. The van der Waals surface area contributed by atoms with E-state index in [-0.39, 0.29) is 17.2 Å². The lowest BCUT2D eigenvalue weighted by Gasteiger charge is -2.33. The first-order valence-electron chi connectivity index (χ1n) is 7.41. The lowest BCUT2D eigenvalue weighted by atomic mass is 9.78. The van der Waals surface area contributed by atoms with Gasteiger partial charge in [-0.15, -0.1) is 0 Å². The molecule has 0 saturated carbocycles. The van der Waals surface area contributed by atoms with E-state index in [1.165, 1.54) is 0 Å². The third-order valence-corrected chi connectivity index (χ3v) is 4.62. The molecule has 2 rings (SSSR count). The van der Waals surface area contributed by atoms with Gasteiger partial charge in [-0.05, 0) is 53.3 Å². The van der Waals surface area contributed by atoms with Crippen LogP contribution in [0.1, 0.15) is 45.7 Å². The molecule has 21 heavy (non-hydrogen) atoms. The Hall–Kier alpha value is -0.770. The van der Waals surface area contributed by atoms with Gasteiger partial charge in [-0.2, -0.15) is 0 Å². The van der Waals surface area contributed by atoms with Gasteiger partial charge in [-0.25, -0.2) is 0 Å². The maximum Gasteiger partial charge on any atom is 0.125 e. The van der Waals surface area contributed by atoms with Crippen molar-refractivity contribution in [2.45, 2.75) is 51.4 Å². The minimum absolute atomic E-state index is 0.108. The van der Waals surface area contributed by atoms with Crippen LogP contribution in [0.3, 0.4) is 0 Å². The van der Waals surface area contributed by atoms with Crippen LogP contribution in [0.2, 0.25) is 5.02 Å². The second kappa shape index (κ2) is 5.79. The highest BCUT2D eigenvalue weighted by Crippen LogP contribution is 2.48. The van der Waals surface area contributed by atoms with E-state index >= 15 is 0 Å². The van der Waals surface area contributed by atoms with Gasteiger partial charge < -0.3 is 14.8 Å². The largest absolute Gasteiger partial charge is 0.496 e. The van der Waals surface area contributed by atoms with Gasteiger partial charge in [0.15, 0.2) is 0 Å². The van der Waals surface area contributed by atoms with Crippen molar-refractivity contribution in [3.8, 4) is 5.75 Å². The summed E-state index contributed by atoms with van der Waals surface area (Å²) in [5.74, 6) is 1.18. The van der Waals surface area contributed by atoms with Crippen LogP contribution in [0, 0.1) is 5.92 Å². The molecule has 0 aromatic heterocycles. The van der Waals surface area contributed by atoms with Gasteiger partial charge in [0.2, 0.25) is 0 Å². The number of methoxy groups -OCH3 is 1. The van der Waals surface area contributed by atoms with Crippen molar-refractivity contribution in [1.29, 1.82) is 0 Å². The summed E-state index contributed by atoms with van der Waals surface area (Å²) in [7, 11) is 3.67. The van der Waals surface area contributed by atoms with Crippen LogP contribution >= 0.6 is 11.6 Å². The van der Waals surface area contributed by atoms with Crippen LogP contribution in [0.25, 0.3) is 0 Å². The molecular weight excluding hydrogens is 286 g/mol. The van der Waals surface area contributed by atoms with Crippen molar-refractivity contribution in [2.24, 2.45) is 5.92 Å². The van der Waals surface area contributed by atoms with Crippen molar-refractivity contribution in [3.05, 3.63) is 28.8 Å². The smallest absolute Gasteiger partial charge is 0.125 e. The Morgan fingerprint density at radius 1 is 1.33 bits per heavy atom. The van der Waals surface area contributed by atoms with Crippen molar-refractivity contribution in [1.82, 2.24) is 5.32 Å². The Labute approximate surface area is 133 Å². The minimum atomic E-state index is -0.193. The molecule has 1 aromatic carbocycles. The molecular formula is C17H26ClNO2. The Balaban J connectivity index is 2.41. The first kappa shape index (κ1) is 16.6. The van der Waals surface area contributed by atoms with E-state index in [2.05, 4.69) is 33.0 Å². The molecule has 2 atom stereocenters. The monoisotopic (exact) mass is 311 g/mol. The quantitative estimate of drug-likeness (QED) is 0.904. The zero-order valence-electron chi connectivity index (χ0n) is 13.8. The van der Waals surface area contributed by atoms with E-state index in [4.69, 9.17) is 21.1 Å². The van der Waals surface area contributed by atoms with Crippen molar-refractivity contribution in [2.75, 3.05) is 14.2 Å². The van der Waals surface area contributed by atoms with E-state index in [1.807, 2.05) is 25.2 Å². The molecule has 0 radical (unpaired) electrons. The maximum absolute atomic E-state index is 6.24. The lowest BCUT2D eigenvalue weighted by molar-refractivity contribution is -0.0777. The molecule has 0 amide bonds. The van der Waals surface area contributed by atoms with Crippen LogP contribution in [-0.2, 0) is 4.74 Å². The van der Waals surface area contributed by atoms with Crippen molar-refractivity contribution in [3.63, 3.8) is 0 Å². The Bertz CT molecular complexity index is 514. The van der Waals surface area contributed by atoms with Crippen LogP contribution < -0.4 is 10.1 Å². The minimum Gasteiger partial charge on any atom is -0.496 e. The average Bonchev–Trinajstić information content (AvgIpc) is 2.60. The fourth-order valence-corrected chi connectivity index (χ4v) is 3.80. The summed E-state index contributed by atoms with van der Waals surface area (Å²) in [5.41, 5.74) is 0.828. The summed E-state index contributed by atoms with van der Waals surface area (Å²) >= 11 is 6.08. The predicted octanol–water partition coefficient (Wildman–Crippen LogP) is 4.20. The fourth-order valence-electron chi connectivity index (χ4n) is 3.64. The van der Waals surface area contributed by atoms with E-state index in [0.29, 0.717) is 10.9 Å². The number of halogens is 1. The third-order valence-electron chi connectivity index (χ3n) is 4.39. The summed E-state index contributed by atoms with van der Waals surface area (Å²) in [6, 6.07) is 5.99. The number of nitrogens with one attached hydrogen (secondary N) is 1. The maximum atomic E-state index is 6.24. The first-order valence-corrected chi connectivity index (χ1v) is 7.79. The molecule has 1 saturated heterocycles. The molecule has 118 valence electrons. The Morgan fingerprint density at radius 3 is 2.48 bits per heavy atom. The summed E-state index contributed by atoms with van der Waals surface area (Å²) in [4.78, 5) is 0. The number of ether oxygens (including phenoxy) is 2. The number of rotatable bonds is 4. The Kier molecular flexibility index (Phi) is 4.57. The molecule has 3 nitrogen and oxygen atoms in total. The van der Waals surface area contributed by atoms with Gasteiger partial charge in [0.1, 0.15) is 5.75 Å². The number of benzene rings is 1. The second-order valence-corrected chi connectivity index (χ2v) is 7.36. The molecule has 0 bridgehead atoms. The highest BCUT2D eigenvalue weighted by Gasteiger charge is 2.49. The van der Waals surface area contributed by atoms with Gasteiger partial charge in [0.05, 0.1) is 18.3 Å². The zero-order valence-corrected chi connectivity index (χ0v) is 14.5. The van der Waals surface area contributed by atoms with Gasteiger partial charge in [0, 0.05) is 22.5 Å².